The molecule has 0 aliphatic carbocycles. The maximum atomic E-state index is 4.29. The van der Waals surface area contributed by atoms with Crippen molar-refractivity contribution in [3.8, 4) is 0 Å². The SMILES string of the molecule is CNC(Cc1nnn(C)n1)c1cccnc1C. The summed E-state index contributed by atoms with van der Waals surface area (Å²) in [6, 6.07) is 4.17. The van der Waals surface area contributed by atoms with E-state index in [4.69, 9.17) is 0 Å². The molecule has 6 nitrogen and oxygen atoms in total. The summed E-state index contributed by atoms with van der Waals surface area (Å²) in [6.45, 7) is 2.00. The summed E-state index contributed by atoms with van der Waals surface area (Å²) in [5, 5.41) is 15.3. The molecular weight excluding hydrogens is 216 g/mol. The van der Waals surface area contributed by atoms with Gasteiger partial charge in [0.15, 0.2) is 5.82 Å². The first-order valence-corrected chi connectivity index (χ1v) is 5.52. The van der Waals surface area contributed by atoms with Crippen LogP contribution in [0.5, 0.6) is 0 Å². The summed E-state index contributed by atoms with van der Waals surface area (Å²) < 4.78 is 0. The molecule has 0 saturated heterocycles. The van der Waals surface area contributed by atoms with Crippen molar-refractivity contribution in [3.63, 3.8) is 0 Å². The topological polar surface area (TPSA) is 68.5 Å². The normalized spacial score (nSPS) is 12.6. The van der Waals surface area contributed by atoms with Crippen LogP contribution in [0.15, 0.2) is 18.3 Å². The van der Waals surface area contributed by atoms with Gasteiger partial charge < -0.3 is 5.32 Å². The lowest BCUT2D eigenvalue weighted by atomic mass is 10.0. The fourth-order valence-corrected chi connectivity index (χ4v) is 1.82. The highest BCUT2D eigenvalue weighted by atomic mass is 15.6. The van der Waals surface area contributed by atoms with Gasteiger partial charge >= 0.3 is 0 Å². The number of nitrogens with zero attached hydrogens (tertiary/aromatic N) is 5. The van der Waals surface area contributed by atoms with E-state index in [0.29, 0.717) is 6.42 Å². The molecule has 0 aliphatic heterocycles. The fraction of sp³-hybridized carbons (Fsp3) is 0.455. The van der Waals surface area contributed by atoms with Gasteiger partial charge in [0.2, 0.25) is 0 Å². The molecule has 0 fully saturated rings. The molecule has 0 aliphatic rings. The van der Waals surface area contributed by atoms with Crippen molar-refractivity contribution in [1.29, 1.82) is 0 Å². The quantitative estimate of drug-likeness (QED) is 0.827. The van der Waals surface area contributed by atoms with Crippen molar-refractivity contribution in [1.82, 2.24) is 30.5 Å². The molecule has 0 saturated carbocycles. The molecule has 0 bridgehead atoms. The first kappa shape index (κ1) is 11.7. The Bertz CT molecular complexity index is 492. The van der Waals surface area contributed by atoms with Gasteiger partial charge in [0.1, 0.15) is 0 Å². The van der Waals surface area contributed by atoms with Crippen LogP contribution in [0.1, 0.15) is 23.1 Å². The number of nitrogens with one attached hydrogen (secondary N) is 1. The van der Waals surface area contributed by atoms with Crippen LogP contribution < -0.4 is 5.32 Å². The number of hydrogen-bond acceptors (Lipinski definition) is 5. The summed E-state index contributed by atoms with van der Waals surface area (Å²) in [7, 11) is 3.69. The Morgan fingerprint density at radius 2 is 2.29 bits per heavy atom. The van der Waals surface area contributed by atoms with Crippen LogP contribution in [0.3, 0.4) is 0 Å². The molecule has 0 radical (unpaired) electrons. The van der Waals surface area contributed by atoms with Gasteiger partial charge in [-0.1, -0.05) is 6.07 Å². The molecule has 90 valence electrons. The molecule has 0 amide bonds. The third kappa shape index (κ3) is 2.65. The molecule has 6 heteroatoms. The molecule has 1 atom stereocenters. The van der Waals surface area contributed by atoms with E-state index in [2.05, 4.69) is 31.8 Å². The third-order valence-electron chi connectivity index (χ3n) is 2.71. The predicted octanol–water partition coefficient (Wildman–Crippen LogP) is 0.417. The number of aryl methyl sites for hydroxylation is 2. The highest BCUT2D eigenvalue weighted by molar-refractivity contribution is 5.23. The Hall–Kier alpha value is -1.82. The van der Waals surface area contributed by atoms with E-state index >= 15 is 0 Å². The zero-order chi connectivity index (χ0) is 12.3. The molecule has 2 aromatic rings. The number of aromatic nitrogens is 5. The Balaban J connectivity index is 2.20. The van der Waals surface area contributed by atoms with Gasteiger partial charge in [-0.2, -0.15) is 4.80 Å². The first-order valence-electron chi connectivity index (χ1n) is 5.52. The highest BCUT2D eigenvalue weighted by Crippen LogP contribution is 2.18. The summed E-state index contributed by atoms with van der Waals surface area (Å²) in [4.78, 5) is 5.76. The Morgan fingerprint density at radius 3 is 2.88 bits per heavy atom. The molecule has 1 N–H and O–H groups in total. The molecule has 0 spiro atoms. The summed E-state index contributed by atoms with van der Waals surface area (Å²) in [5.41, 5.74) is 2.19. The molecule has 1 unspecified atom stereocenters. The third-order valence-corrected chi connectivity index (χ3v) is 2.71. The lowest BCUT2D eigenvalue weighted by molar-refractivity contribution is 0.565. The Morgan fingerprint density at radius 1 is 1.47 bits per heavy atom. The first-order chi connectivity index (χ1) is 8.20. The van der Waals surface area contributed by atoms with E-state index < -0.39 is 0 Å². The zero-order valence-corrected chi connectivity index (χ0v) is 10.3. The number of likely N-dealkylation sites (N-methyl/N-ethyl adjacent to an activating group) is 1. The average molecular weight is 232 g/mol. The average Bonchev–Trinajstić information content (AvgIpc) is 2.73. The number of rotatable bonds is 4. The maximum Gasteiger partial charge on any atom is 0.176 e. The summed E-state index contributed by atoms with van der Waals surface area (Å²) in [6.07, 6.45) is 2.50. The molecule has 17 heavy (non-hydrogen) atoms. The molecule has 2 aromatic heterocycles. The second-order valence-corrected chi connectivity index (χ2v) is 3.92. The fourth-order valence-electron chi connectivity index (χ4n) is 1.82. The molecule has 0 aromatic carbocycles. The number of tetrazole rings is 1. The minimum atomic E-state index is 0.160. The smallest absolute Gasteiger partial charge is 0.176 e. The van der Waals surface area contributed by atoms with Crippen molar-refractivity contribution in [2.75, 3.05) is 7.05 Å². The van der Waals surface area contributed by atoms with Crippen molar-refractivity contribution < 1.29 is 0 Å². The second kappa shape index (κ2) is 5.01. The molecule has 2 rings (SSSR count). The Labute approximate surface area is 100 Å². The summed E-state index contributed by atoms with van der Waals surface area (Å²) in [5.74, 6) is 0.732. The van der Waals surface area contributed by atoms with Gasteiger partial charge in [-0.25, -0.2) is 0 Å². The lowest BCUT2D eigenvalue weighted by Gasteiger charge is -2.16. The van der Waals surface area contributed by atoms with Crippen LogP contribution in [-0.4, -0.2) is 32.2 Å². The van der Waals surface area contributed by atoms with Crippen LogP contribution in [0.25, 0.3) is 0 Å². The second-order valence-electron chi connectivity index (χ2n) is 3.92. The monoisotopic (exact) mass is 232 g/mol. The predicted molar refractivity (Wildman–Crippen MR) is 63.3 cm³/mol. The Kier molecular flexibility index (Phi) is 3.43. The van der Waals surface area contributed by atoms with Gasteiger partial charge in [0.05, 0.1) is 7.05 Å². The minimum Gasteiger partial charge on any atom is -0.313 e. The van der Waals surface area contributed by atoms with E-state index in [0.717, 1.165) is 11.5 Å². The zero-order valence-electron chi connectivity index (χ0n) is 10.3. The lowest BCUT2D eigenvalue weighted by Crippen LogP contribution is -2.20. The standard InChI is InChI=1S/C11H16N6/c1-8-9(5-4-6-13-8)10(12-2)7-11-14-16-17(3)15-11/h4-6,10,12H,7H2,1-3H3. The highest BCUT2D eigenvalue weighted by Gasteiger charge is 2.15. The van der Waals surface area contributed by atoms with Crippen LogP contribution >= 0.6 is 0 Å². The largest absolute Gasteiger partial charge is 0.313 e. The minimum absolute atomic E-state index is 0.160. The van der Waals surface area contributed by atoms with Gasteiger partial charge in [-0.05, 0) is 30.8 Å². The van der Waals surface area contributed by atoms with Crippen LogP contribution in [-0.2, 0) is 13.5 Å². The number of pyridine rings is 1. The van der Waals surface area contributed by atoms with E-state index in [-0.39, 0.29) is 6.04 Å². The molecular formula is C11H16N6. The van der Waals surface area contributed by atoms with Crippen molar-refractivity contribution >= 4 is 0 Å². The van der Waals surface area contributed by atoms with E-state index in [9.17, 15) is 0 Å². The van der Waals surface area contributed by atoms with Crippen LogP contribution in [0, 0.1) is 6.92 Å². The van der Waals surface area contributed by atoms with Gasteiger partial charge in [-0.3, -0.25) is 4.98 Å². The van der Waals surface area contributed by atoms with E-state index in [1.165, 1.54) is 10.4 Å². The van der Waals surface area contributed by atoms with E-state index in [1.807, 2.05) is 20.0 Å². The van der Waals surface area contributed by atoms with Gasteiger partial charge in [0.25, 0.3) is 0 Å². The van der Waals surface area contributed by atoms with Crippen molar-refractivity contribution in [3.05, 3.63) is 35.4 Å². The van der Waals surface area contributed by atoms with Crippen LogP contribution in [0.4, 0.5) is 0 Å². The number of hydrogen-bond donors (Lipinski definition) is 1. The molecule has 2 heterocycles. The van der Waals surface area contributed by atoms with Crippen molar-refractivity contribution in [2.45, 2.75) is 19.4 Å². The van der Waals surface area contributed by atoms with Gasteiger partial charge in [0, 0.05) is 24.4 Å². The summed E-state index contributed by atoms with van der Waals surface area (Å²) >= 11 is 0. The van der Waals surface area contributed by atoms with Gasteiger partial charge in [-0.15, -0.1) is 10.2 Å². The van der Waals surface area contributed by atoms with Crippen molar-refractivity contribution in [2.24, 2.45) is 7.05 Å². The van der Waals surface area contributed by atoms with Crippen LogP contribution in [0.2, 0.25) is 0 Å². The van der Waals surface area contributed by atoms with E-state index in [1.54, 1.807) is 13.2 Å². The maximum absolute atomic E-state index is 4.29.